The Hall–Kier alpha value is -0.470. The number of ether oxygens (including phenoxy) is 1. The van der Waals surface area contributed by atoms with Crippen LogP contribution in [0, 0.1) is 6.92 Å². The first-order valence-electron chi connectivity index (χ1n) is 6.29. The molecule has 114 valence electrons. The van der Waals surface area contributed by atoms with Crippen molar-refractivity contribution in [3.8, 4) is 0 Å². The summed E-state index contributed by atoms with van der Waals surface area (Å²) in [6.45, 7) is 3.03. The Bertz CT molecular complexity index is 561. The summed E-state index contributed by atoms with van der Waals surface area (Å²) in [6.07, 6.45) is 0.656. The lowest BCUT2D eigenvalue weighted by atomic mass is 10.1. The fourth-order valence-corrected chi connectivity index (χ4v) is 3.95. The van der Waals surface area contributed by atoms with Crippen molar-refractivity contribution < 1.29 is 13.2 Å². The molecule has 0 aliphatic heterocycles. The van der Waals surface area contributed by atoms with E-state index in [-0.39, 0.29) is 0 Å². The first-order chi connectivity index (χ1) is 9.34. The van der Waals surface area contributed by atoms with Gasteiger partial charge < -0.3 is 10.5 Å². The largest absolute Gasteiger partial charge is 0.385 e. The molecule has 0 fully saturated rings. The highest BCUT2D eigenvalue weighted by Crippen LogP contribution is 2.27. The molecule has 2 N–H and O–H groups in total. The smallest absolute Gasteiger partial charge is 0.243 e. The van der Waals surface area contributed by atoms with Gasteiger partial charge in [0.15, 0.2) is 0 Å². The highest BCUT2D eigenvalue weighted by Gasteiger charge is 2.24. The molecular formula is C13H21BrN2O3S. The van der Waals surface area contributed by atoms with Gasteiger partial charge in [0.25, 0.3) is 0 Å². The fraction of sp³-hybridized carbons (Fsp3) is 0.538. The Labute approximate surface area is 129 Å². The van der Waals surface area contributed by atoms with Gasteiger partial charge in [-0.15, -0.1) is 0 Å². The molecule has 0 saturated heterocycles. The van der Waals surface area contributed by atoms with Gasteiger partial charge in [-0.05, 0) is 36.6 Å². The normalized spacial score (nSPS) is 12.1. The minimum atomic E-state index is -3.51. The Morgan fingerprint density at radius 3 is 2.60 bits per heavy atom. The first-order valence-corrected chi connectivity index (χ1v) is 8.52. The van der Waals surface area contributed by atoms with Gasteiger partial charge >= 0.3 is 0 Å². The molecular weight excluding hydrogens is 344 g/mol. The number of halogens is 1. The number of sulfonamides is 1. The second-order valence-corrected chi connectivity index (χ2v) is 7.45. The van der Waals surface area contributed by atoms with Crippen molar-refractivity contribution in [2.45, 2.75) is 24.8 Å². The van der Waals surface area contributed by atoms with E-state index in [0.29, 0.717) is 36.6 Å². The number of hydrogen-bond acceptors (Lipinski definition) is 4. The van der Waals surface area contributed by atoms with Crippen molar-refractivity contribution in [3.05, 3.63) is 27.7 Å². The second-order valence-electron chi connectivity index (χ2n) is 4.58. The van der Waals surface area contributed by atoms with Crippen molar-refractivity contribution >= 4 is 26.0 Å². The van der Waals surface area contributed by atoms with Crippen molar-refractivity contribution in [2.75, 3.05) is 27.3 Å². The summed E-state index contributed by atoms with van der Waals surface area (Å²) in [6, 6.07) is 3.49. The number of hydrogen-bond donors (Lipinski definition) is 1. The van der Waals surface area contributed by atoms with Gasteiger partial charge in [0.1, 0.15) is 0 Å². The van der Waals surface area contributed by atoms with Crippen LogP contribution in [0.4, 0.5) is 0 Å². The number of nitrogens with zero attached hydrogens (tertiary/aromatic N) is 1. The third-order valence-electron chi connectivity index (χ3n) is 3.10. The molecule has 0 heterocycles. The molecule has 0 spiro atoms. The molecule has 1 rings (SSSR count). The molecule has 1 aromatic rings. The van der Waals surface area contributed by atoms with Gasteiger partial charge in [-0.1, -0.05) is 15.9 Å². The van der Waals surface area contributed by atoms with Crippen molar-refractivity contribution in [2.24, 2.45) is 5.73 Å². The Kier molecular flexibility index (Phi) is 6.60. The van der Waals surface area contributed by atoms with Crippen LogP contribution in [0.25, 0.3) is 0 Å². The van der Waals surface area contributed by atoms with Crippen LogP contribution in [-0.4, -0.2) is 40.0 Å². The maximum atomic E-state index is 12.6. The van der Waals surface area contributed by atoms with Crippen LogP contribution in [0.3, 0.4) is 0 Å². The Balaban J connectivity index is 3.11. The zero-order chi connectivity index (χ0) is 15.3. The zero-order valence-corrected chi connectivity index (χ0v) is 14.4. The van der Waals surface area contributed by atoms with Crippen molar-refractivity contribution in [3.63, 3.8) is 0 Å². The topological polar surface area (TPSA) is 72.6 Å². The molecule has 7 heteroatoms. The lowest BCUT2D eigenvalue weighted by molar-refractivity contribution is 0.189. The molecule has 0 aromatic heterocycles. The molecule has 0 radical (unpaired) electrons. The summed E-state index contributed by atoms with van der Waals surface area (Å²) >= 11 is 3.38. The SMILES string of the molecule is COCCCN(C)S(=O)(=O)c1cc(CN)cc(Br)c1C. The summed E-state index contributed by atoms with van der Waals surface area (Å²) in [5.74, 6) is 0. The first kappa shape index (κ1) is 17.6. The third-order valence-corrected chi connectivity index (χ3v) is 5.91. The van der Waals surface area contributed by atoms with Crippen LogP contribution in [0.15, 0.2) is 21.5 Å². The lowest BCUT2D eigenvalue weighted by Crippen LogP contribution is -2.29. The van der Waals surface area contributed by atoms with Gasteiger partial charge in [-0.2, -0.15) is 0 Å². The van der Waals surface area contributed by atoms with Gasteiger partial charge in [0.05, 0.1) is 4.90 Å². The zero-order valence-electron chi connectivity index (χ0n) is 12.0. The summed E-state index contributed by atoms with van der Waals surface area (Å²) in [4.78, 5) is 0.298. The molecule has 0 amide bonds. The molecule has 0 unspecified atom stereocenters. The quantitative estimate of drug-likeness (QED) is 0.749. The molecule has 0 bridgehead atoms. The number of nitrogens with two attached hydrogens (primary N) is 1. The second kappa shape index (κ2) is 7.51. The van der Waals surface area contributed by atoms with Gasteiger partial charge in [-0.25, -0.2) is 12.7 Å². The van der Waals surface area contributed by atoms with Crippen LogP contribution >= 0.6 is 15.9 Å². The average molecular weight is 365 g/mol. The van der Waals surface area contributed by atoms with Gasteiger partial charge in [-0.3, -0.25) is 0 Å². The standard InChI is InChI=1S/C13H21BrN2O3S/c1-10-12(14)7-11(9-15)8-13(10)20(17,18)16(2)5-4-6-19-3/h7-8H,4-6,9,15H2,1-3H3. The van der Waals surface area contributed by atoms with E-state index in [1.165, 1.54) is 4.31 Å². The highest BCUT2D eigenvalue weighted by atomic mass is 79.9. The monoisotopic (exact) mass is 364 g/mol. The van der Waals surface area contributed by atoms with Gasteiger partial charge in [0, 0.05) is 38.3 Å². The van der Waals surface area contributed by atoms with Crippen LogP contribution < -0.4 is 5.73 Å². The lowest BCUT2D eigenvalue weighted by Gasteiger charge is -2.19. The summed E-state index contributed by atoms with van der Waals surface area (Å²) in [7, 11) is -0.338. The number of benzene rings is 1. The maximum Gasteiger partial charge on any atom is 0.243 e. The molecule has 0 aliphatic carbocycles. The maximum absolute atomic E-state index is 12.6. The van der Waals surface area contributed by atoms with E-state index in [0.717, 1.165) is 10.0 Å². The summed E-state index contributed by atoms with van der Waals surface area (Å²) < 4.78 is 32.2. The van der Waals surface area contributed by atoms with E-state index < -0.39 is 10.0 Å². The molecule has 1 aromatic carbocycles. The predicted octanol–water partition coefficient (Wildman–Crippen LogP) is 1.87. The minimum absolute atomic E-state index is 0.298. The van der Waals surface area contributed by atoms with Gasteiger partial charge in [0.2, 0.25) is 10.0 Å². The molecule has 0 aliphatic rings. The molecule has 5 nitrogen and oxygen atoms in total. The van der Waals surface area contributed by atoms with E-state index >= 15 is 0 Å². The molecule has 0 atom stereocenters. The molecule has 20 heavy (non-hydrogen) atoms. The summed E-state index contributed by atoms with van der Waals surface area (Å²) in [5.41, 5.74) is 7.09. The average Bonchev–Trinajstić information content (AvgIpc) is 2.41. The summed E-state index contributed by atoms with van der Waals surface area (Å²) in [5, 5.41) is 0. The van der Waals surface area contributed by atoms with Crippen LogP contribution in [0.2, 0.25) is 0 Å². The number of rotatable bonds is 7. The minimum Gasteiger partial charge on any atom is -0.385 e. The van der Waals surface area contributed by atoms with E-state index in [1.54, 1.807) is 27.1 Å². The van der Waals surface area contributed by atoms with Crippen molar-refractivity contribution in [1.29, 1.82) is 0 Å². The fourth-order valence-electron chi connectivity index (χ4n) is 1.81. The van der Waals surface area contributed by atoms with E-state index in [2.05, 4.69) is 15.9 Å². The van der Waals surface area contributed by atoms with Crippen molar-refractivity contribution in [1.82, 2.24) is 4.31 Å². The van der Waals surface area contributed by atoms with E-state index in [1.807, 2.05) is 6.07 Å². The van der Waals surface area contributed by atoms with Crippen LogP contribution in [-0.2, 0) is 21.3 Å². The number of methoxy groups -OCH3 is 1. The molecule has 0 saturated carbocycles. The highest BCUT2D eigenvalue weighted by molar-refractivity contribution is 9.10. The van der Waals surface area contributed by atoms with Crippen LogP contribution in [0.1, 0.15) is 17.5 Å². The third kappa shape index (κ3) is 4.02. The van der Waals surface area contributed by atoms with E-state index in [9.17, 15) is 8.42 Å². The van der Waals surface area contributed by atoms with Crippen LogP contribution in [0.5, 0.6) is 0 Å². The van der Waals surface area contributed by atoms with E-state index in [4.69, 9.17) is 10.5 Å². The Morgan fingerprint density at radius 2 is 2.05 bits per heavy atom. The Morgan fingerprint density at radius 1 is 1.40 bits per heavy atom. The predicted molar refractivity (Wildman–Crippen MR) is 83.1 cm³/mol.